The molecule has 1 aliphatic heterocycles. The highest BCUT2D eigenvalue weighted by molar-refractivity contribution is 4.59. The van der Waals surface area contributed by atoms with Crippen LogP contribution >= 0.6 is 0 Å². The van der Waals surface area contributed by atoms with E-state index in [1.165, 1.54) is 25.9 Å². The summed E-state index contributed by atoms with van der Waals surface area (Å²) >= 11 is 0. The van der Waals surface area contributed by atoms with Crippen molar-refractivity contribution in [1.29, 1.82) is 0 Å². The maximum absolute atomic E-state index is 4.25. The molecule has 0 saturated carbocycles. The first-order chi connectivity index (χ1) is 5.31. The predicted molar refractivity (Wildman–Crippen MR) is 51.0 cm³/mol. The van der Waals surface area contributed by atoms with Crippen LogP contribution in [0.3, 0.4) is 0 Å². The van der Waals surface area contributed by atoms with Crippen LogP contribution in [-0.4, -0.2) is 39.3 Å². The number of rotatable bonds is 0. The lowest BCUT2D eigenvalue weighted by Crippen LogP contribution is -2.10. The molecular formula is C9H23NO. The Morgan fingerprint density at radius 1 is 1.00 bits per heavy atom. The van der Waals surface area contributed by atoms with Crippen LogP contribution in [0.2, 0.25) is 0 Å². The van der Waals surface area contributed by atoms with E-state index in [1.807, 2.05) is 13.8 Å². The number of ether oxygens (including phenoxy) is 1. The van der Waals surface area contributed by atoms with Crippen molar-refractivity contribution in [2.75, 3.05) is 34.4 Å². The molecule has 0 aromatic rings. The second-order valence-corrected chi connectivity index (χ2v) is 2.42. The summed E-state index contributed by atoms with van der Waals surface area (Å²) in [6, 6.07) is 0. The van der Waals surface area contributed by atoms with Gasteiger partial charge in [-0.3, -0.25) is 0 Å². The summed E-state index contributed by atoms with van der Waals surface area (Å²) in [6.45, 7) is 6.64. The molecule has 1 rings (SSSR count). The lowest BCUT2D eigenvalue weighted by Gasteiger charge is -2.01. The molecule has 0 aromatic heterocycles. The van der Waals surface area contributed by atoms with Crippen LogP contribution in [0.4, 0.5) is 0 Å². The Bertz CT molecular complexity index is 51.5. The van der Waals surface area contributed by atoms with E-state index in [4.69, 9.17) is 0 Å². The Balaban J connectivity index is 0. The van der Waals surface area contributed by atoms with Gasteiger partial charge in [-0.15, -0.1) is 0 Å². The second kappa shape index (κ2) is 12.6. The van der Waals surface area contributed by atoms with Crippen molar-refractivity contribution in [3.63, 3.8) is 0 Å². The summed E-state index contributed by atoms with van der Waals surface area (Å²) < 4.78 is 4.25. The molecule has 1 heterocycles. The van der Waals surface area contributed by atoms with Crippen molar-refractivity contribution in [2.45, 2.75) is 26.7 Å². The van der Waals surface area contributed by atoms with E-state index >= 15 is 0 Å². The molecule has 0 amide bonds. The monoisotopic (exact) mass is 161 g/mol. The fourth-order valence-corrected chi connectivity index (χ4v) is 0.875. The molecule has 1 aliphatic rings. The summed E-state index contributed by atoms with van der Waals surface area (Å²) in [5, 5.41) is 0. The van der Waals surface area contributed by atoms with Crippen molar-refractivity contribution in [2.24, 2.45) is 0 Å². The summed E-state index contributed by atoms with van der Waals surface area (Å²) in [4.78, 5) is 2.36. The summed E-state index contributed by atoms with van der Waals surface area (Å²) in [5.74, 6) is 0. The van der Waals surface area contributed by atoms with Crippen LogP contribution in [0.25, 0.3) is 0 Å². The van der Waals surface area contributed by atoms with Gasteiger partial charge in [0.05, 0.1) is 0 Å². The Morgan fingerprint density at radius 3 is 1.36 bits per heavy atom. The Morgan fingerprint density at radius 2 is 1.27 bits per heavy atom. The van der Waals surface area contributed by atoms with Crippen molar-refractivity contribution < 1.29 is 4.74 Å². The van der Waals surface area contributed by atoms with Crippen molar-refractivity contribution in [3.8, 4) is 0 Å². The molecule has 0 bridgehead atoms. The minimum atomic E-state index is 1.32. The van der Waals surface area contributed by atoms with Gasteiger partial charge in [0.2, 0.25) is 0 Å². The standard InChI is InChI=1S/C5H11N.C2H6O.C2H6/c1-6-4-2-3-5-6;1-3-2;1-2/h2-5H2,1H3;1-2H3;1-2H3. The molecule has 0 atom stereocenters. The molecule has 0 aromatic carbocycles. The minimum absolute atomic E-state index is 1.32. The van der Waals surface area contributed by atoms with Gasteiger partial charge in [0, 0.05) is 14.2 Å². The van der Waals surface area contributed by atoms with Gasteiger partial charge < -0.3 is 9.64 Å². The summed E-state index contributed by atoms with van der Waals surface area (Å²) in [5.41, 5.74) is 0. The third-order valence-corrected chi connectivity index (χ3v) is 1.33. The van der Waals surface area contributed by atoms with Crippen molar-refractivity contribution in [1.82, 2.24) is 4.90 Å². The van der Waals surface area contributed by atoms with Gasteiger partial charge in [-0.1, -0.05) is 13.8 Å². The van der Waals surface area contributed by atoms with Crippen LogP contribution in [0.5, 0.6) is 0 Å². The number of hydrogen-bond acceptors (Lipinski definition) is 2. The zero-order chi connectivity index (χ0) is 9.11. The second-order valence-electron chi connectivity index (χ2n) is 2.42. The largest absolute Gasteiger partial charge is 0.388 e. The molecule has 2 heteroatoms. The maximum atomic E-state index is 4.25. The first-order valence-corrected chi connectivity index (χ1v) is 4.40. The Labute approximate surface area is 71.5 Å². The Kier molecular flexibility index (Phi) is 15.4. The van der Waals surface area contributed by atoms with Gasteiger partial charge in [-0.25, -0.2) is 0 Å². The van der Waals surface area contributed by atoms with E-state index in [9.17, 15) is 0 Å². The van der Waals surface area contributed by atoms with Crippen molar-refractivity contribution >= 4 is 0 Å². The zero-order valence-corrected chi connectivity index (χ0v) is 8.68. The highest BCUT2D eigenvalue weighted by Crippen LogP contribution is 2.01. The van der Waals surface area contributed by atoms with Crippen LogP contribution in [0.1, 0.15) is 26.7 Å². The third kappa shape index (κ3) is 13.0. The van der Waals surface area contributed by atoms with E-state index in [0.29, 0.717) is 0 Å². The average Bonchev–Trinajstić information content (AvgIpc) is 2.46. The topological polar surface area (TPSA) is 12.5 Å². The van der Waals surface area contributed by atoms with Gasteiger partial charge in [0.25, 0.3) is 0 Å². The first-order valence-electron chi connectivity index (χ1n) is 4.40. The SMILES string of the molecule is CC.CN1CCCC1.COC. The van der Waals surface area contributed by atoms with E-state index in [-0.39, 0.29) is 0 Å². The maximum Gasteiger partial charge on any atom is 0.0351 e. The lowest BCUT2D eigenvalue weighted by molar-refractivity contribution is 0.277. The van der Waals surface area contributed by atoms with Gasteiger partial charge in [-0.05, 0) is 33.0 Å². The van der Waals surface area contributed by atoms with Gasteiger partial charge >= 0.3 is 0 Å². The molecule has 1 saturated heterocycles. The van der Waals surface area contributed by atoms with Crippen LogP contribution in [0.15, 0.2) is 0 Å². The summed E-state index contributed by atoms with van der Waals surface area (Å²) in [7, 11) is 5.42. The van der Waals surface area contributed by atoms with Gasteiger partial charge in [0.15, 0.2) is 0 Å². The molecule has 11 heavy (non-hydrogen) atoms. The van der Waals surface area contributed by atoms with Crippen molar-refractivity contribution in [3.05, 3.63) is 0 Å². The van der Waals surface area contributed by atoms with E-state index in [1.54, 1.807) is 14.2 Å². The van der Waals surface area contributed by atoms with Gasteiger partial charge in [0.1, 0.15) is 0 Å². The number of hydrogen-bond donors (Lipinski definition) is 0. The van der Waals surface area contributed by atoms with Crippen LogP contribution < -0.4 is 0 Å². The highest BCUT2D eigenvalue weighted by atomic mass is 16.4. The fourth-order valence-electron chi connectivity index (χ4n) is 0.875. The number of likely N-dealkylation sites (tertiary alicyclic amines) is 1. The average molecular weight is 161 g/mol. The molecule has 0 radical (unpaired) electrons. The molecule has 2 nitrogen and oxygen atoms in total. The zero-order valence-electron chi connectivity index (χ0n) is 8.68. The minimum Gasteiger partial charge on any atom is -0.388 e. The normalized spacial score (nSPS) is 16.1. The van der Waals surface area contributed by atoms with E-state index < -0.39 is 0 Å². The van der Waals surface area contributed by atoms with E-state index in [0.717, 1.165) is 0 Å². The molecule has 1 fully saturated rings. The fraction of sp³-hybridized carbons (Fsp3) is 1.00. The molecule has 0 spiro atoms. The molecule has 0 aliphatic carbocycles. The quantitative estimate of drug-likeness (QED) is 0.539. The van der Waals surface area contributed by atoms with Crippen LogP contribution in [-0.2, 0) is 4.74 Å². The molecule has 70 valence electrons. The lowest BCUT2D eigenvalue weighted by atomic mass is 10.4. The summed E-state index contributed by atoms with van der Waals surface area (Å²) in [6.07, 6.45) is 2.83. The molecule has 0 N–H and O–H groups in total. The first kappa shape index (κ1) is 13.5. The number of methoxy groups -OCH3 is 1. The van der Waals surface area contributed by atoms with E-state index in [2.05, 4.69) is 16.7 Å². The predicted octanol–water partition coefficient (Wildman–Crippen LogP) is 2.00. The third-order valence-electron chi connectivity index (χ3n) is 1.33. The highest BCUT2D eigenvalue weighted by Gasteiger charge is 2.03. The molecule has 0 unspecified atom stereocenters. The number of nitrogens with zero attached hydrogens (tertiary/aromatic N) is 1. The smallest absolute Gasteiger partial charge is 0.0351 e. The molecular weight excluding hydrogens is 138 g/mol. The Hall–Kier alpha value is -0.0800. The van der Waals surface area contributed by atoms with Gasteiger partial charge in [-0.2, -0.15) is 0 Å². The van der Waals surface area contributed by atoms with Crippen LogP contribution in [0, 0.1) is 0 Å².